The van der Waals surface area contributed by atoms with Crippen LogP contribution in [0.2, 0.25) is 0 Å². The van der Waals surface area contributed by atoms with Crippen LogP contribution in [0.3, 0.4) is 0 Å². The smallest absolute Gasteiger partial charge is 0.305 e. The molecule has 12 amide bonds. The summed E-state index contributed by atoms with van der Waals surface area (Å²) in [6.45, 7) is 20.1. The van der Waals surface area contributed by atoms with Crippen LogP contribution in [0.25, 0.3) is 0 Å². The SMILES string of the molecule is CC(C)CC(NC(=O)CNC(=O)C(CC(C)C)NC(=O)C(NC(=O)CNC(=O)C(CC(C)C)NC(=O)C(CC(C)C)NC(=O)CNC(=O)C(CC(=O)O)NC(=O)C(CC(C)C)NC(=O)C(CC(C)C)NC(=O)CN)C(C)O)C(N)=O. The lowest BCUT2D eigenvalue weighted by Crippen LogP contribution is -2.59. The number of primary amides is 1. The lowest BCUT2D eigenvalue weighted by atomic mass is 9.99. The van der Waals surface area contributed by atoms with Gasteiger partial charge in [-0.3, -0.25) is 62.3 Å². The van der Waals surface area contributed by atoms with Crippen molar-refractivity contribution in [1.82, 2.24) is 58.5 Å². The fraction of sp³-hybridized carbons (Fsp3) is 0.750. The summed E-state index contributed by atoms with van der Waals surface area (Å²) in [6, 6.07) is -10.5. The van der Waals surface area contributed by atoms with Gasteiger partial charge < -0.3 is 80.2 Å². The van der Waals surface area contributed by atoms with Gasteiger partial charge >= 0.3 is 5.97 Å². The maximum Gasteiger partial charge on any atom is 0.305 e. The standard InChI is InChI=1S/C52H93N13O15/c1-25(2)14-32(45(54)73)58-40(68)22-55-47(75)34(16-27(5)6)64-52(80)44(31(13)66)65-42(70)24-57-46(74)33(15-26(3)4)61-50(78)36(18-29(9)10)60-41(69)23-56-48(76)38(20-43(71)72)63-51(79)37(19-30(11)12)62-49(77)35(17-28(7)8)59-39(67)21-53/h25-38,44,66H,14-24,53H2,1-13H3,(H2,54,73)(H,55,75)(H,56,76)(H,57,74)(H,58,68)(H,59,67)(H,60,69)(H,61,78)(H,62,77)(H,63,79)(H,64,80)(H,65,70)(H,71,72). The fourth-order valence-electron chi connectivity index (χ4n) is 7.94. The third-order valence-electron chi connectivity index (χ3n) is 11.7. The number of hydrogen-bond acceptors (Lipinski definition) is 15. The van der Waals surface area contributed by atoms with Crippen molar-refractivity contribution in [1.29, 1.82) is 0 Å². The summed E-state index contributed by atoms with van der Waals surface area (Å²) >= 11 is 0. The summed E-state index contributed by atoms with van der Waals surface area (Å²) in [5.41, 5.74) is 10.8. The van der Waals surface area contributed by atoms with Gasteiger partial charge in [-0.15, -0.1) is 0 Å². The third-order valence-corrected chi connectivity index (χ3v) is 11.7. The van der Waals surface area contributed by atoms with Gasteiger partial charge in [-0.2, -0.15) is 0 Å². The van der Waals surface area contributed by atoms with Crippen molar-refractivity contribution in [2.75, 3.05) is 26.2 Å². The van der Waals surface area contributed by atoms with E-state index in [1.165, 1.54) is 6.92 Å². The van der Waals surface area contributed by atoms with Crippen LogP contribution in [0.5, 0.6) is 0 Å². The Morgan fingerprint density at radius 3 is 0.925 bits per heavy atom. The summed E-state index contributed by atoms with van der Waals surface area (Å²) in [6.07, 6.45) is -1.76. The lowest BCUT2D eigenvalue weighted by Gasteiger charge is -2.27. The van der Waals surface area contributed by atoms with Gasteiger partial charge in [-0.25, -0.2) is 0 Å². The van der Waals surface area contributed by atoms with E-state index in [-0.39, 0.29) is 74.0 Å². The van der Waals surface area contributed by atoms with E-state index in [2.05, 4.69) is 58.5 Å². The number of aliphatic carboxylic acids is 1. The number of carbonyl (C=O) groups is 13. The first-order valence-electron chi connectivity index (χ1n) is 27.2. The molecule has 9 atom stereocenters. The van der Waals surface area contributed by atoms with E-state index in [0.717, 1.165) is 0 Å². The Morgan fingerprint density at radius 2 is 0.613 bits per heavy atom. The van der Waals surface area contributed by atoms with Gasteiger partial charge in [-0.1, -0.05) is 83.1 Å². The summed E-state index contributed by atoms with van der Waals surface area (Å²) in [5.74, 6) is -12.3. The van der Waals surface area contributed by atoms with Crippen molar-refractivity contribution < 1.29 is 72.5 Å². The molecular weight excluding hydrogens is 1050 g/mol. The summed E-state index contributed by atoms with van der Waals surface area (Å²) in [7, 11) is 0. The minimum absolute atomic E-state index is 0.0236. The Balaban J connectivity index is 6.02. The molecule has 28 heteroatoms. The first-order chi connectivity index (χ1) is 37.1. The van der Waals surface area contributed by atoms with Crippen LogP contribution in [0, 0.1) is 35.5 Å². The zero-order valence-electron chi connectivity index (χ0n) is 48.8. The number of carboxylic acid groups (broad SMARTS) is 1. The summed E-state index contributed by atoms with van der Waals surface area (Å²) < 4.78 is 0. The van der Waals surface area contributed by atoms with Crippen LogP contribution in [-0.4, -0.2) is 168 Å². The maximum atomic E-state index is 13.8. The molecule has 9 unspecified atom stereocenters. The predicted octanol–water partition coefficient (Wildman–Crippen LogP) is -3.21. The van der Waals surface area contributed by atoms with E-state index in [4.69, 9.17) is 11.5 Å². The molecule has 0 fully saturated rings. The average Bonchev–Trinajstić information content (AvgIpc) is 3.32. The number of carbonyl (C=O) groups excluding carboxylic acids is 12. The molecule has 0 spiro atoms. The van der Waals surface area contributed by atoms with Crippen LogP contribution >= 0.6 is 0 Å². The van der Waals surface area contributed by atoms with Crippen LogP contribution in [0.1, 0.15) is 135 Å². The Labute approximate surface area is 469 Å². The van der Waals surface area contributed by atoms with E-state index in [9.17, 15) is 72.5 Å². The zero-order valence-corrected chi connectivity index (χ0v) is 48.8. The van der Waals surface area contributed by atoms with Crippen LogP contribution in [0.4, 0.5) is 0 Å². The molecule has 0 aromatic carbocycles. The molecule has 0 heterocycles. The van der Waals surface area contributed by atoms with Gasteiger partial charge in [0.25, 0.3) is 0 Å². The minimum Gasteiger partial charge on any atom is -0.481 e. The molecule has 0 saturated heterocycles. The molecule has 0 aliphatic rings. The third kappa shape index (κ3) is 31.0. The predicted molar refractivity (Wildman–Crippen MR) is 293 cm³/mol. The van der Waals surface area contributed by atoms with Crippen molar-refractivity contribution >= 4 is 76.9 Å². The van der Waals surface area contributed by atoms with Crippen molar-refractivity contribution in [2.45, 2.75) is 189 Å². The highest BCUT2D eigenvalue weighted by atomic mass is 16.4. The van der Waals surface area contributed by atoms with Crippen molar-refractivity contribution in [3.05, 3.63) is 0 Å². The Kier molecular flexibility index (Phi) is 33.8. The molecule has 0 aliphatic heterocycles. The van der Waals surface area contributed by atoms with Gasteiger partial charge in [-0.05, 0) is 81.0 Å². The van der Waals surface area contributed by atoms with E-state index in [1.807, 2.05) is 27.7 Å². The average molecular weight is 1140 g/mol. The molecule has 0 radical (unpaired) electrons. The Bertz CT molecular complexity index is 2120. The summed E-state index contributed by atoms with van der Waals surface area (Å²) in [5, 5.41) is 47.1. The number of hydrogen-bond donors (Lipinski definition) is 15. The highest BCUT2D eigenvalue weighted by Gasteiger charge is 2.35. The minimum atomic E-state index is -1.74. The molecule has 0 aromatic rings. The largest absolute Gasteiger partial charge is 0.481 e. The summed E-state index contributed by atoms with van der Waals surface area (Å²) in [4.78, 5) is 169. The van der Waals surface area contributed by atoms with Gasteiger partial charge in [0.05, 0.1) is 38.7 Å². The van der Waals surface area contributed by atoms with Gasteiger partial charge in [0.1, 0.15) is 48.3 Å². The number of aliphatic hydroxyl groups is 1. The first-order valence-corrected chi connectivity index (χ1v) is 27.2. The van der Waals surface area contributed by atoms with Crippen molar-refractivity contribution in [3.8, 4) is 0 Å². The van der Waals surface area contributed by atoms with Crippen LogP contribution < -0.4 is 70.0 Å². The molecule has 456 valence electrons. The van der Waals surface area contributed by atoms with Gasteiger partial charge in [0, 0.05) is 0 Å². The molecule has 17 N–H and O–H groups in total. The van der Waals surface area contributed by atoms with E-state index in [1.54, 1.807) is 55.4 Å². The maximum absolute atomic E-state index is 13.8. The molecule has 0 saturated carbocycles. The second-order valence-electron chi connectivity index (χ2n) is 22.5. The Hall–Kier alpha value is -6.97. The van der Waals surface area contributed by atoms with E-state index >= 15 is 0 Å². The second kappa shape index (κ2) is 37.1. The van der Waals surface area contributed by atoms with E-state index < -0.39 is 164 Å². The first kappa shape index (κ1) is 73.0. The molecule has 0 aliphatic carbocycles. The van der Waals surface area contributed by atoms with Gasteiger partial charge in [0.2, 0.25) is 70.9 Å². The molecule has 0 bridgehead atoms. The van der Waals surface area contributed by atoms with E-state index in [0.29, 0.717) is 0 Å². The Morgan fingerprint density at radius 1 is 0.350 bits per heavy atom. The number of nitrogens with two attached hydrogens (primary N) is 2. The normalized spacial score (nSPS) is 14.7. The number of amides is 12. The highest BCUT2D eigenvalue weighted by molar-refractivity contribution is 5.98. The van der Waals surface area contributed by atoms with Crippen LogP contribution in [0.15, 0.2) is 0 Å². The fourth-order valence-corrected chi connectivity index (χ4v) is 7.94. The number of carboxylic acids is 1. The molecule has 28 nitrogen and oxygen atoms in total. The monoisotopic (exact) mass is 1140 g/mol. The lowest BCUT2D eigenvalue weighted by molar-refractivity contribution is -0.141. The van der Waals surface area contributed by atoms with Crippen LogP contribution in [-0.2, 0) is 62.3 Å². The number of nitrogens with one attached hydrogen (secondary N) is 11. The number of aliphatic hydroxyl groups excluding tert-OH is 1. The molecule has 0 rings (SSSR count). The topological polar surface area (TPSA) is 447 Å². The zero-order chi connectivity index (χ0) is 61.7. The second-order valence-corrected chi connectivity index (χ2v) is 22.5. The molecular formula is C52H93N13O15. The quantitative estimate of drug-likeness (QED) is 0.0289. The number of rotatable bonds is 38. The highest BCUT2D eigenvalue weighted by Crippen LogP contribution is 2.13. The molecule has 0 aromatic heterocycles. The molecule has 80 heavy (non-hydrogen) atoms. The van der Waals surface area contributed by atoms with Crippen molar-refractivity contribution in [3.63, 3.8) is 0 Å². The van der Waals surface area contributed by atoms with Gasteiger partial charge in [0.15, 0.2) is 0 Å². The van der Waals surface area contributed by atoms with Crippen molar-refractivity contribution in [2.24, 2.45) is 47.0 Å².